The number of pyridine rings is 1. The Morgan fingerprint density at radius 1 is 1.37 bits per heavy atom. The van der Waals surface area contributed by atoms with Crippen LogP contribution in [0.15, 0.2) is 17.5 Å². The van der Waals surface area contributed by atoms with Crippen molar-refractivity contribution in [2.45, 2.75) is 33.3 Å². The van der Waals surface area contributed by atoms with Gasteiger partial charge in [-0.3, -0.25) is 4.79 Å². The van der Waals surface area contributed by atoms with Crippen LogP contribution in [0.1, 0.15) is 40.2 Å². The number of aromatic nitrogens is 2. The van der Waals surface area contributed by atoms with E-state index in [2.05, 4.69) is 16.9 Å². The van der Waals surface area contributed by atoms with E-state index in [-0.39, 0.29) is 0 Å². The fourth-order valence-corrected chi connectivity index (χ4v) is 2.55. The molecule has 2 aromatic heterocycles. The maximum absolute atomic E-state index is 10.9. The molecule has 0 amide bonds. The molecule has 0 saturated heterocycles. The number of aldehydes is 1. The zero-order chi connectivity index (χ0) is 13.7. The minimum Gasteiger partial charge on any atom is -0.485 e. The number of thiazole rings is 1. The van der Waals surface area contributed by atoms with E-state index in [0.29, 0.717) is 24.3 Å². The highest BCUT2D eigenvalue weighted by Gasteiger charge is 2.07. The maximum atomic E-state index is 10.9. The Balaban J connectivity index is 2.03. The van der Waals surface area contributed by atoms with Crippen LogP contribution in [0.2, 0.25) is 0 Å². The molecule has 0 N–H and O–H groups in total. The Bertz CT molecular complexity index is 566. The minimum absolute atomic E-state index is 0.337. The molecule has 2 heterocycles. The van der Waals surface area contributed by atoms with Crippen LogP contribution in [0.4, 0.5) is 0 Å². The van der Waals surface area contributed by atoms with Crippen molar-refractivity contribution in [3.8, 4) is 5.75 Å². The van der Waals surface area contributed by atoms with E-state index < -0.39 is 0 Å². The highest BCUT2D eigenvalue weighted by molar-refractivity contribution is 7.09. The fraction of sp³-hybridized carbons (Fsp3) is 0.357. The summed E-state index contributed by atoms with van der Waals surface area (Å²) in [4.78, 5) is 19.5. The van der Waals surface area contributed by atoms with E-state index in [9.17, 15) is 4.79 Å². The first kappa shape index (κ1) is 13.7. The molecule has 0 unspecified atom stereocenters. The molecule has 4 nitrogen and oxygen atoms in total. The lowest BCUT2D eigenvalue weighted by molar-refractivity contribution is 0.111. The van der Waals surface area contributed by atoms with E-state index >= 15 is 0 Å². The second-order valence-electron chi connectivity index (χ2n) is 4.23. The second kappa shape index (κ2) is 6.43. The topological polar surface area (TPSA) is 52.1 Å². The molecule has 100 valence electrons. The molecular weight excluding hydrogens is 260 g/mol. The van der Waals surface area contributed by atoms with Gasteiger partial charge in [0, 0.05) is 11.1 Å². The van der Waals surface area contributed by atoms with Gasteiger partial charge in [0.2, 0.25) is 0 Å². The number of rotatable bonds is 6. The van der Waals surface area contributed by atoms with Gasteiger partial charge in [0.25, 0.3) is 0 Å². The minimum atomic E-state index is 0.337. The van der Waals surface area contributed by atoms with Gasteiger partial charge in [-0.25, -0.2) is 9.97 Å². The summed E-state index contributed by atoms with van der Waals surface area (Å²) in [7, 11) is 0. The van der Waals surface area contributed by atoms with Gasteiger partial charge in [0.05, 0.1) is 10.7 Å². The molecule has 0 fully saturated rings. The average Bonchev–Trinajstić information content (AvgIpc) is 2.85. The van der Waals surface area contributed by atoms with Crippen molar-refractivity contribution >= 4 is 17.6 Å². The Morgan fingerprint density at radius 3 is 2.95 bits per heavy atom. The molecule has 0 radical (unpaired) electrons. The van der Waals surface area contributed by atoms with Crippen molar-refractivity contribution in [3.05, 3.63) is 39.6 Å². The molecule has 0 aliphatic heterocycles. The van der Waals surface area contributed by atoms with Crippen molar-refractivity contribution in [1.82, 2.24) is 9.97 Å². The third-order valence-electron chi connectivity index (χ3n) is 2.58. The molecule has 0 aliphatic carbocycles. The second-order valence-corrected chi connectivity index (χ2v) is 5.17. The van der Waals surface area contributed by atoms with E-state index in [1.807, 2.05) is 18.4 Å². The summed E-state index contributed by atoms with van der Waals surface area (Å²) in [5.41, 5.74) is 2.03. The van der Waals surface area contributed by atoms with Gasteiger partial charge >= 0.3 is 0 Å². The van der Waals surface area contributed by atoms with Crippen LogP contribution >= 0.6 is 11.3 Å². The number of aryl methyl sites for hydroxylation is 2. The highest BCUT2D eigenvalue weighted by Crippen LogP contribution is 2.18. The zero-order valence-electron chi connectivity index (χ0n) is 11.0. The van der Waals surface area contributed by atoms with Crippen LogP contribution in [0.5, 0.6) is 5.75 Å². The smallest absolute Gasteiger partial charge is 0.172 e. The molecule has 0 saturated carbocycles. The van der Waals surface area contributed by atoms with E-state index in [0.717, 1.165) is 29.2 Å². The third-order valence-corrected chi connectivity index (χ3v) is 3.53. The Labute approximate surface area is 116 Å². The van der Waals surface area contributed by atoms with Gasteiger partial charge in [-0.1, -0.05) is 6.92 Å². The number of carbonyl (C=O) groups is 1. The van der Waals surface area contributed by atoms with Gasteiger partial charge in [-0.15, -0.1) is 11.3 Å². The molecule has 0 atom stereocenters. The third kappa shape index (κ3) is 3.61. The van der Waals surface area contributed by atoms with E-state index in [1.54, 1.807) is 17.4 Å². The lowest BCUT2D eigenvalue weighted by Crippen LogP contribution is -2.01. The number of hydrogen-bond acceptors (Lipinski definition) is 5. The number of carbonyl (C=O) groups excluding carboxylic acids is 1. The van der Waals surface area contributed by atoms with Crippen LogP contribution in [0.3, 0.4) is 0 Å². The molecule has 0 spiro atoms. The summed E-state index contributed by atoms with van der Waals surface area (Å²) in [6.07, 6.45) is 2.80. The van der Waals surface area contributed by atoms with Crippen molar-refractivity contribution < 1.29 is 9.53 Å². The maximum Gasteiger partial charge on any atom is 0.172 e. The van der Waals surface area contributed by atoms with Crippen LogP contribution in [0.25, 0.3) is 0 Å². The van der Waals surface area contributed by atoms with Crippen molar-refractivity contribution in [2.75, 3.05) is 0 Å². The molecule has 0 aromatic carbocycles. The average molecular weight is 276 g/mol. The Kier molecular flexibility index (Phi) is 4.63. The molecule has 0 bridgehead atoms. The predicted molar refractivity (Wildman–Crippen MR) is 74.8 cm³/mol. The lowest BCUT2D eigenvalue weighted by Gasteiger charge is -2.06. The summed E-state index contributed by atoms with van der Waals surface area (Å²) in [6, 6.07) is 3.59. The summed E-state index contributed by atoms with van der Waals surface area (Å²) < 4.78 is 5.61. The Morgan fingerprint density at radius 2 is 2.21 bits per heavy atom. The first-order valence-corrected chi connectivity index (χ1v) is 7.09. The van der Waals surface area contributed by atoms with Gasteiger partial charge in [-0.2, -0.15) is 0 Å². The Hall–Kier alpha value is -1.75. The van der Waals surface area contributed by atoms with Gasteiger partial charge in [0.1, 0.15) is 18.1 Å². The van der Waals surface area contributed by atoms with Crippen molar-refractivity contribution in [2.24, 2.45) is 0 Å². The number of hydrogen-bond donors (Lipinski definition) is 0. The van der Waals surface area contributed by atoms with Crippen molar-refractivity contribution in [1.29, 1.82) is 0 Å². The fourth-order valence-electron chi connectivity index (χ4n) is 1.67. The summed E-state index contributed by atoms with van der Waals surface area (Å²) >= 11 is 1.65. The van der Waals surface area contributed by atoms with Gasteiger partial charge < -0.3 is 4.74 Å². The van der Waals surface area contributed by atoms with Gasteiger partial charge in [-0.05, 0) is 31.9 Å². The summed E-state index contributed by atoms with van der Waals surface area (Å²) in [6.45, 7) is 4.34. The van der Waals surface area contributed by atoms with Gasteiger partial charge in [0.15, 0.2) is 6.29 Å². The largest absolute Gasteiger partial charge is 0.485 e. The number of ether oxygens (including phenoxy) is 1. The first-order valence-electron chi connectivity index (χ1n) is 6.22. The van der Waals surface area contributed by atoms with E-state index in [1.165, 1.54) is 0 Å². The normalized spacial score (nSPS) is 10.4. The molecule has 19 heavy (non-hydrogen) atoms. The summed E-state index contributed by atoms with van der Waals surface area (Å²) in [5, 5.41) is 3.12. The predicted octanol–water partition coefficient (Wildman–Crippen LogP) is 3.19. The summed E-state index contributed by atoms with van der Waals surface area (Å²) in [5.74, 6) is 0.505. The lowest BCUT2D eigenvalue weighted by atomic mass is 10.3. The van der Waals surface area contributed by atoms with Crippen LogP contribution in [-0.4, -0.2) is 16.3 Å². The molecule has 2 aromatic rings. The first-order chi connectivity index (χ1) is 9.22. The molecule has 0 aliphatic rings. The zero-order valence-corrected chi connectivity index (χ0v) is 11.9. The SMILES string of the molecule is CCCc1nc(COc2ccc(C)nc2C=O)cs1. The molecular formula is C14H16N2O2S. The molecule has 5 heteroatoms. The van der Waals surface area contributed by atoms with Crippen LogP contribution in [-0.2, 0) is 13.0 Å². The monoisotopic (exact) mass is 276 g/mol. The highest BCUT2D eigenvalue weighted by atomic mass is 32.1. The van der Waals surface area contributed by atoms with E-state index in [4.69, 9.17) is 4.74 Å². The quantitative estimate of drug-likeness (QED) is 0.760. The standard InChI is InChI=1S/C14H16N2O2S/c1-3-4-14-16-11(9-19-14)8-18-13-6-5-10(2)15-12(13)7-17/h5-7,9H,3-4,8H2,1-2H3. The van der Waals surface area contributed by atoms with Crippen LogP contribution < -0.4 is 4.74 Å². The van der Waals surface area contributed by atoms with Crippen LogP contribution in [0, 0.1) is 6.92 Å². The van der Waals surface area contributed by atoms with Crippen molar-refractivity contribution in [3.63, 3.8) is 0 Å². The number of nitrogens with zero attached hydrogens (tertiary/aromatic N) is 2. The molecule has 2 rings (SSSR count).